The number of H-pyrrole nitrogens is 2. The van der Waals surface area contributed by atoms with Crippen LogP contribution in [0, 0.1) is 0 Å². The first kappa shape index (κ1) is 13.9. The van der Waals surface area contributed by atoms with E-state index in [2.05, 4.69) is 10.2 Å². The van der Waals surface area contributed by atoms with E-state index in [0.29, 0.717) is 36.6 Å². The van der Waals surface area contributed by atoms with E-state index < -0.39 is 11.0 Å². The number of hydrogen-bond acceptors (Lipinski definition) is 4. The molecule has 0 atom stereocenters. The molecule has 1 aromatic carbocycles. The topological polar surface area (TPSA) is 84.2 Å². The molecule has 2 aromatic rings. The number of benzene rings is 1. The molecule has 0 radical (unpaired) electrons. The fourth-order valence-corrected chi connectivity index (χ4v) is 1.78. The summed E-state index contributed by atoms with van der Waals surface area (Å²) in [6, 6.07) is 8.71. The zero-order valence-corrected chi connectivity index (χ0v) is 11.1. The predicted molar refractivity (Wildman–Crippen MR) is 74.5 cm³/mol. The van der Waals surface area contributed by atoms with Crippen molar-refractivity contribution in [3.05, 3.63) is 56.6 Å². The van der Waals surface area contributed by atoms with Crippen molar-refractivity contribution in [2.24, 2.45) is 0 Å². The van der Waals surface area contributed by atoms with Crippen LogP contribution in [0.15, 0.2) is 39.9 Å². The van der Waals surface area contributed by atoms with E-state index in [-0.39, 0.29) is 0 Å². The van der Waals surface area contributed by atoms with Crippen LogP contribution in [0.2, 0.25) is 0 Å². The van der Waals surface area contributed by atoms with Gasteiger partial charge in [0.2, 0.25) is 5.43 Å². The first-order valence-electron chi connectivity index (χ1n) is 6.27. The van der Waals surface area contributed by atoms with Crippen LogP contribution in [0.3, 0.4) is 0 Å². The summed E-state index contributed by atoms with van der Waals surface area (Å²) >= 11 is 0. The second-order valence-electron chi connectivity index (χ2n) is 4.22. The molecule has 0 aliphatic heterocycles. The van der Waals surface area contributed by atoms with Crippen molar-refractivity contribution in [3.63, 3.8) is 0 Å². The predicted octanol–water partition coefficient (Wildman–Crippen LogP) is 1.08. The summed E-state index contributed by atoms with van der Waals surface area (Å²) < 4.78 is 10.8. The Hall–Kier alpha value is -2.50. The smallest absolute Gasteiger partial charge is 0.310 e. The molecule has 0 amide bonds. The quantitative estimate of drug-likeness (QED) is 0.611. The van der Waals surface area contributed by atoms with Gasteiger partial charge in [-0.15, -0.1) is 0 Å². The highest BCUT2D eigenvalue weighted by atomic mass is 16.5. The molecule has 0 spiro atoms. The number of nitrogens with one attached hydrogen (secondary N) is 2. The van der Waals surface area contributed by atoms with Crippen LogP contribution in [-0.2, 0) is 6.42 Å². The maximum Gasteiger partial charge on any atom is 0.310 e. The number of para-hydroxylation sites is 2. The summed E-state index contributed by atoms with van der Waals surface area (Å²) in [5.41, 5.74) is -0.498. The van der Waals surface area contributed by atoms with E-state index in [4.69, 9.17) is 9.47 Å². The largest absolute Gasteiger partial charge is 0.493 e. The summed E-state index contributed by atoms with van der Waals surface area (Å²) in [6.07, 6.45) is 1.32. The summed E-state index contributed by atoms with van der Waals surface area (Å²) in [7, 11) is 1.59. The number of hydrogen-bond donors (Lipinski definition) is 2. The Balaban J connectivity index is 1.86. The fourth-order valence-electron chi connectivity index (χ4n) is 1.78. The molecule has 1 heterocycles. The van der Waals surface area contributed by atoms with E-state index in [0.717, 1.165) is 0 Å². The van der Waals surface area contributed by atoms with E-state index in [9.17, 15) is 9.59 Å². The Bertz CT molecular complexity index is 675. The summed E-state index contributed by atoms with van der Waals surface area (Å²) in [5.74, 6) is 1.37. The van der Waals surface area contributed by atoms with Crippen molar-refractivity contribution in [1.82, 2.24) is 10.2 Å². The van der Waals surface area contributed by atoms with Gasteiger partial charge in [-0.25, -0.2) is 0 Å². The summed E-state index contributed by atoms with van der Waals surface area (Å²) in [5, 5.41) is 4.97. The Labute approximate surface area is 115 Å². The van der Waals surface area contributed by atoms with Gasteiger partial charge in [0.15, 0.2) is 11.5 Å². The highest BCUT2D eigenvalue weighted by Crippen LogP contribution is 2.25. The number of ether oxygens (including phenoxy) is 2. The van der Waals surface area contributed by atoms with Crippen molar-refractivity contribution in [2.75, 3.05) is 13.7 Å². The molecule has 0 aliphatic rings. The van der Waals surface area contributed by atoms with E-state index in [1.54, 1.807) is 7.11 Å². The molecule has 0 saturated carbocycles. The number of aromatic nitrogens is 2. The minimum Gasteiger partial charge on any atom is -0.493 e. The van der Waals surface area contributed by atoms with Gasteiger partial charge >= 0.3 is 5.56 Å². The molecular weight excluding hydrogens is 260 g/mol. The van der Waals surface area contributed by atoms with Crippen LogP contribution in [-0.4, -0.2) is 23.9 Å². The van der Waals surface area contributed by atoms with Crippen molar-refractivity contribution in [1.29, 1.82) is 0 Å². The van der Waals surface area contributed by atoms with Gasteiger partial charge in [0, 0.05) is 11.8 Å². The lowest BCUT2D eigenvalue weighted by atomic mass is 10.2. The van der Waals surface area contributed by atoms with Gasteiger partial charge in [-0.3, -0.25) is 14.7 Å². The molecule has 0 unspecified atom stereocenters. The summed E-state index contributed by atoms with van der Waals surface area (Å²) in [6.45, 7) is 0.488. The number of methoxy groups -OCH3 is 1. The Morgan fingerprint density at radius 3 is 2.55 bits per heavy atom. The number of aromatic amines is 2. The lowest BCUT2D eigenvalue weighted by Crippen LogP contribution is -2.27. The maximum atomic E-state index is 11.2. The van der Waals surface area contributed by atoms with Gasteiger partial charge in [0.05, 0.1) is 13.7 Å². The van der Waals surface area contributed by atoms with E-state index in [1.807, 2.05) is 24.3 Å². The Morgan fingerprint density at radius 1 is 1.10 bits per heavy atom. The van der Waals surface area contributed by atoms with Gasteiger partial charge in [0.25, 0.3) is 0 Å². The zero-order valence-electron chi connectivity index (χ0n) is 11.1. The highest BCUT2D eigenvalue weighted by Gasteiger charge is 2.03. The normalized spacial score (nSPS) is 10.2. The average Bonchev–Trinajstić information content (AvgIpc) is 2.47. The van der Waals surface area contributed by atoms with Gasteiger partial charge in [-0.1, -0.05) is 12.1 Å². The van der Waals surface area contributed by atoms with Crippen LogP contribution < -0.4 is 20.5 Å². The van der Waals surface area contributed by atoms with Crippen LogP contribution in [0.4, 0.5) is 0 Å². The van der Waals surface area contributed by atoms with Crippen molar-refractivity contribution in [2.45, 2.75) is 12.8 Å². The maximum absolute atomic E-state index is 11.2. The molecule has 106 valence electrons. The molecule has 6 nitrogen and oxygen atoms in total. The molecule has 2 rings (SSSR count). The third kappa shape index (κ3) is 3.50. The van der Waals surface area contributed by atoms with Crippen LogP contribution >= 0.6 is 0 Å². The van der Waals surface area contributed by atoms with Crippen molar-refractivity contribution < 1.29 is 9.47 Å². The first-order valence-corrected chi connectivity index (χ1v) is 6.27. The summed E-state index contributed by atoms with van der Waals surface area (Å²) in [4.78, 5) is 22.1. The highest BCUT2D eigenvalue weighted by molar-refractivity contribution is 5.39. The van der Waals surface area contributed by atoms with Crippen LogP contribution in [0.1, 0.15) is 12.1 Å². The van der Waals surface area contributed by atoms with Crippen molar-refractivity contribution in [3.8, 4) is 11.5 Å². The van der Waals surface area contributed by atoms with Crippen LogP contribution in [0.5, 0.6) is 11.5 Å². The van der Waals surface area contributed by atoms with E-state index in [1.165, 1.54) is 6.07 Å². The third-order valence-corrected chi connectivity index (χ3v) is 2.78. The third-order valence-electron chi connectivity index (χ3n) is 2.78. The Kier molecular flexibility index (Phi) is 4.60. The van der Waals surface area contributed by atoms with Gasteiger partial charge in [-0.05, 0) is 25.0 Å². The second kappa shape index (κ2) is 6.60. The monoisotopic (exact) mass is 276 g/mol. The molecule has 20 heavy (non-hydrogen) atoms. The Morgan fingerprint density at radius 2 is 1.85 bits per heavy atom. The number of aryl methyl sites for hydroxylation is 1. The van der Waals surface area contributed by atoms with Gasteiger partial charge in [0.1, 0.15) is 0 Å². The lowest BCUT2D eigenvalue weighted by Gasteiger charge is -2.09. The molecule has 6 heteroatoms. The first-order chi connectivity index (χ1) is 9.70. The molecule has 2 N–H and O–H groups in total. The minimum atomic E-state index is -0.640. The molecule has 0 aliphatic carbocycles. The molecule has 1 aromatic heterocycles. The average molecular weight is 276 g/mol. The van der Waals surface area contributed by atoms with E-state index >= 15 is 0 Å². The standard InChI is InChI=1S/C14H16N2O4/c1-19-12-6-2-3-7-13(12)20-8-4-5-10-9-11(17)14(18)16-15-10/h2-3,6-7,9H,4-5,8H2,1H3,(H,15,17)(H,16,18). The molecular formula is C14H16N2O4. The zero-order chi connectivity index (χ0) is 14.4. The second-order valence-corrected chi connectivity index (χ2v) is 4.22. The molecule has 0 fully saturated rings. The SMILES string of the molecule is COc1ccccc1OCCCc1cc(=O)c(=O)[nH][nH]1. The van der Waals surface area contributed by atoms with Crippen LogP contribution in [0.25, 0.3) is 0 Å². The fraction of sp³-hybridized carbons (Fsp3) is 0.286. The molecule has 0 bridgehead atoms. The number of rotatable bonds is 6. The van der Waals surface area contributed by atoms with Gasteiger partial charge < -0.3 is 14.6 Å². The molecule has 0 saturated heterocycles. The van der Waals surface area contributed by atoms with Crippen molar-refractivity contribution >= 4 is 0 Å². The lowest BCUT2D eigenvalue weighted by molar-refractivity contribution is 0.289. The van der Waals surface area contributed by atoms with Gasteiger partial charge in [-0.2, -0.15) is 0 Å². The minimum absolute atomic E-state index is 0.488.